The van der Waals surface area contributed by atoms with Crippen LogP contribution in [0.5, 0.6) is 0 Å². The van der Waals surface area contributed by atoms with Crippen molar-refractivity contribution in [2.45, 2.75) is 25.5 Å². The minimum absolute atomic E-state index is 0.0634. The molecule has 0 spiro atoms. The molecule has 0 radical (unpaired) electrons. The average molecular weight is 414 g/mol. The number of nitrogens with one attached hydrogen (secondary N) is 2. The number of aromatic amines is 1. The molecule has 2 atom stereocenters. The molecule has 1 aliphatic rings. The summed E-state index contributed by atoms with van der Waals surface area (Å²) in [6, 6.07) is 4.31. The predicted molar refractivity (Wildman–Crippen MR) is 108 cm³/mol. The predicted octanol–water partition coefficient (Wildman–Crippen LogP) is 2.54. The van der Waals surface area contributed by atoms with Crippen LogP contribution in [0, 0.1) is 11.6 Å². The number of anilines is 4. The van der Waals surface area contributed by atoms with Gasteiger partial charge in [0.15, 0.2) is 5.82 Å². The summed E-state index contributed by atoms with van der Waals surface area (Å²) in [5.41, 5.74) is 6.74. The van der Waals surface area contributed by atoms with Gasteiger partial charge in [-0.1, -0.05) is 6.08 Å². The first-order chi connectivity index (χ1) is 14.4. The lowest BCUT2D eigenvalue weighted by Gasteiger charge is -2.25. The molecule has 0 saturated carbocycles. The van der Waals surface area contributed by atoms with Crippen molar-refractivity contribution in [3.8, 4) is 0 Å². The number of aliphatic hydroxyl groups is 1. The lowest BCUT2D eigenvalue weighted by molar-refractivity contribution is 0.194. The Morgan fingerprint density at radius 1 is 1.27 bits per heavy atom. The zero-order valence-electron chi connectivity index (χ0n) is 16.0. The fourth-order valence-corrected chi connectivity index (χ4v) is 3.44. The molecule has 11 heteroatoms. The van der Waals surface area contributed by atoms with E-state index in [-0.39, 0.29) is 36.4 Å². The highest BCUT2D eigenvalue weighted by atomic mass is 19.1. The molecule has 5 N–H and O–H groups in total. The van der Waals surface area contributed by atoms with Gasteiger partial charge in [-0.15, -0.1) is 0 Å². The fraction of sp³-hybridized carbons (Fsp3) is 0.263. The molecule has 4 rings (SSSR count). The van der Waals surface area contributed by atoms with E-state index in [0.29, 0.717) is 5.82 Å². The Balaban J connectivity index is 1.65. The van der Waals surface area contributed by atoms with Gasteiger partial charge in [0.1, 0.15) is 11.6 Å². The molecule has 0 amide bonds. The second-order valence-electron chi connectivity index (χ2n) is 6.87. The van der Waals surface area contributed by atoms with Gasteiger partial charge in [0.05, 0.1) is 17.8 Å². The third kappa shape index (κ3) is 4.06. The molecular formula is C19H20F2N8O. The lowest BCUT2D eigenvalue weighted by Crippen LogP contribution is -2.27. The molecule has 2 aromatic heterocycles. The van der Waals surface area contributed by atoms with Gasteiger partial charge in [0.2, 0.25) is 17.8 Å². The number of rotatable bonds is 5. The second kappa shape index (κ2) is 8.03. The number of nitrogens with two attached hydrogens (primary N) is 1. The van der Waals surface area contributed by atoms with E-state index in [1.807, 2.05) is 19.1 Å². The maximum Gasteiger partial charge on any atom is 0.235 e. The number of β-amino-alcohol motifs (C(OH)–C–C–N with tert-alkyl or cyclic N) is 1. The number of benzene rings is 1. The second-order valence-corrected chi connectivity index (χ2v) is 6.87. The molecule has 0 aliphatic carbocycles. The van der Waals surface area contributed by atoms with E-state index >= 15 is 0 Å². The highest BCUT2D eigenvalue weighted by Gasteiger charge is 2.36. The molecule has 1 saturated heterocycles. The van der Waals surface area contributed by atoms with Crippen LogP contribution in [0.2, 0.25) is 0 Å². The van der Waals surface area contributed by atoms with Crippen molar-refractivity contribution in [1.82, 2.24) is 25.1 Å². The molecule has 1 aromatic carbocycles. The van der Waals surface area contributed by atoms with Crippen molar-refractivity contribution in [2.24, 2.45) is 0 Å². The first kappa shape index (κ1) is 19.7. The number of hydrogen-bond donors (Lipinski definition) is 4. The summed E-state index contributed by atoms with van der Waals surface area (Å²) in [5.74, 6) is -0.467. The number of aromatic nitrogens is 5. The SMILES string of the molecule is C/C=C/c1cc(Nc2nc(N)nc(N3CC(O)CC3c3cc(F)ccc3F)n2)n[nH]1. The Kier molecular flexibility index (Phi) is 5.27. The standard InChI is InChI=1S/C19H20F2N8O/c1-2-3-11-7-16(28-27-11)23-18-24-17(22)25-19(26-18)29-9-12(30)8-15(29)13-6-10(20)4-5-14(13)21/h2-7,12,15,30H,8-9H2,1H3,(H4,22,23,24,25,26,27,28)/b3-2+. The number of H-pyrrole nitrogens is 1. The fourth-order valence-electron chi connectivity index (χ4n) is 3.44. The lowest BCUT2D eigenvalue weighted by atomic mass is 10.0. The van der Waals surface area contributed by atoms with Gasteiger partial charge >= 0.3 is 0 Å². The highest BCUT2D eigenvalue weighted by molar-refractivity contribution is 5.56. The quantitative estimate of drug-likeness (QED) is 0.501. The molecule has 3 aromatic rings. The van der Waals surface area contributed by atoms with Gasteiger partial charge in [0, 0.05) is 18.2 Å². The van der Waals surface area contributed by atoms with Gasteiger partial charge in [-0.2, -0.15) is 20.1 Å². The van der Waals surface area contributed by atoms with Crippen molar-refractivity contribution in [3.05, 3.63) is 53.2 Å². The molecule has 1 aliphatic heterocycles. The van der Waals surface area contributed by atoms with Gasteiger partial charge < -0.3 is 21.1 Å². The number of hydrogen-bond acceptors (Lipinski definition) is 8. The van der Waals surface area contributed by atoms with Crippen LogP contribution in [-0.4, -0.2) is 42.9 Å². The summed E-state index contributed by atoms with van der Waals surface area (Å²) in [4.78, 5) is 14.1. The molecule has 156 valence electrons. The summed E-state index contributed by atoms with van der Waals surface area (Å²) >= 11 is 0. The molecular weight excluding hydrogens is 394 g/mol. The largest absolute Gasteiger partial charge is 0.391 e. The molecule has 9 nitrogen and oxygen atoms in total. The van der Waals surface area contributed by atoms with E-state index in [1.54, 1.807) is 11.0 Å². The maximum atomic E-state index is 14.4. The third-order valence-electron chi connectivity index (χ3n) is 4.68. The van der Waals surface area contributed by atoms with E-state index < -0.39 is 23.8 Å². The summed E-state index contributed by atoms with van der Waals surface area (Å²) in [6.45, 7) is 2.02. The number of nitrogens with zero attached hydrogens (tertiary/aromatic N) is 5. The summed E-state index contributed by atoms with van der Waals surface area (Å²) in [6.07, 6.45) is 3.14. The average Bonchev–Trinajstić information content (AvgIpc) is 3.30. The normalized spacial score (nSPS) is 19.0. The third-order valence-corrected chi connectivity index (χ3v) is 4.68. The number of allylic oxidation sites excluding steroid dienone is 1. The van der Waals surface area contributed by atoms with Crippen molar-refractivity contribution in [2.75, 3.05) is 22.5 Å². The Morgan fingerprint density at radius 3 is 2.90 bits per heavy atom. The van der Waals surface area contributed by atoms with Crippen molar-refractivity contribution in [1.29, 1.82) is 0 Å². The van der Waals surface area contributed by atoms with Crippen LogP contribution >= 0.6 is 0 Å². The van der Waals surface area contributed by atoms with Gasteiger partial charge in [-0.25, -0.2) is 8.78 Å². The van der Waals surface area contributed by atoms with E-state index in [0.717, 1.165) is 23.9 Å². The van der Waals surface area contributed by atoms with Crippen molar-refractivity contribution < 1.29 is 13.9 Å². The Morgan fingerprint density at radius 2 is 2.10 bits per heavy atom. The highest BCUT2D eigenvalue weighted by Crippen LogP contribution is 2.36. The van der Waals surface area contributed by atoms with Crippen LogP contribution in [0.15, 0.2) is 30.3 Å². The van der Waals surface area contributed by atoms with Crippen LogP contribution < -0.4 is 16.0 Å². The zero-order chi connectivity index (χ0) is 21.3. The molecule has 1 fully saturated rings. The van der Waals surface area contributed by atoms with Crippen LogP contribution in [0.4, 0.5) is 32.4 Å². The Hall–Kier alpha value is -3.60. The maximum absolute atomic E-state index is 14.4. The Labute approximate surface area is 170 Å². The van der Waals surface area contributed by atoms with E-state index in [1.165, 1.54) is 0 Å². The number of nitrogen functional groups attached to an aromatic ring is 1. The van der Waals surface area contributed by atoms with E-state index in [2.05, 4.69) is 30.5 Å². The first-order valence-corrected chi connectivity index (χ1v) is 9.29. The molecule has 2 unspecified atom stereocenters. The number of halogens is 2. The monoisotopic (exact) mass is 414 g/mol. The summed E-state index contributed by atoms with van der Waals surface area (Å²) in [5, 5.41) is 20.1. The minimum Gasteiger partial charge on any atom is -0.391 e. The minimum atomic E-state index is -0.762. The van der Waals surface area contributed by atoms with Crippen molar-refractivity contribution in [3.63, 3.8) is 0 Å². The van der Waals surface area contributed by atoms with Gasteiger partial charge in [-0.05, 0) is 37.6 Å². The van der Waals surface area contributed by atoms with Gasteiger partial charge in [-0.3, -0.25) is 5.10 Å². The number of aliphatic hydroxyl groups excluding tert-OH is 1. The molecule has 3 heterocycles. The smallest absolute Gasteiger partial charge is 0.235 e. The molecule has 30 heavy (non-hydrogen) atoms. The van der Waals surface area contributed by atoms with Crippen LogP contribution in [0.1, 0.15) is 30.6 Å². The van der Waals surface area contributed by atoms with E-state index in [9.17, 15) is 13.9 Å². The topological polar surface area (TPSA) is 129 Å². The van der Waals surface area contributed by atoms with Crippen LogP contribution in [0.25, 0.3) is 6.08 Å². The summed E-state index contributed by atoms with van der Waals surface area (Å²) < 4.78 is 28.1. The molecule has 0 bridgehead atoms. The van der Waals surface area contributed by atoms with Gasteiger partial charge in [0.25, 0.3) is 0 Å². The van der Waals surface area contributed by atoms with Crippen LogP contribution in [-0.2, 0) is 0 Å². The Bertz CT molecular complexity index is 1090. The zero-order valence-corrected chi connectivity index (χ0v) is 16.0. The first-order valence-electron chi connectivity index (χ1n) is 9.29. The van der Waals surface area contributed by atoms with Crippen LogP contribution in [0.3, 0.4) is 0 Å². The van der Waals surface area contributed by atoms with E-state index in [4.69, 9.17) is 5.73 Å². The summed E-state index contributed by atoms with van der Waals surface area (Å²) in [7, 11) is 0. The van der Waals surface area contributed by atoms with Crippen molar-refractivity contribution >= 4 is 29.7 Å².